The van der Waals surface area contributed by atoms with E-state index in [1.54, 1.807) is 11.4 Å². The highest BCUT2D eigenvalue weighted by Gasteiger charge is 2.13. The Hall–Kier alpha value is -2.72. The summed E-state index contributed by atoms with van der Waals surface area (Å²) in [5.74, 6) is -0.641. The highest BCUT2D eigenvalue weighted by Crippen LogP contribution is 2.17. The monoisotopic (exact) mass is 422 g/mol. The summed E-state index contributed by atoms with van der Waals surface area (Å²) in [5, 5.41) is 7.11. The van der Waals surface area contributed by atoms with Gasteiger partial charge in [0.05, 0.1) is 18.4 Å². The van der Waals surface area contributed by atoms with Crippen LogP contribution in [0.3, 0.4) is 0 Å². The van der Waals surface area contributed by atoms with Gasteiger partial charge in [0.2, 0.25) is 5.91 Å². The van der Waals surface area contributed by atoms with Crippen molar-refractivity contribution in [3.63, 3.8) is 0 Å². The maximum absolute atomic E-state index is 12.0. The molecule has 3 N–H and O–H groups in total. The van der Waals surface area contributed by atoms with Gasteiger partial charge in [0.15, 0.2) is 10.9 Å². The summed E-state index contributed by atoms with van der Waals surface area (Å²) in [6.07, 6.45) is 2.85. The minimum atomic E-state index is -0.420. The van der Waals surface area contributed by atoms with Gasteiger partial charge in [-0.15, -0.1) is 11.3 Å². The maximum Gasteiger partial charge on any atom is 0.293 e. The van der Waals surface area contributed by atoms with Crippen LogP contribution in [0.1, 0.15) is 16.2 Å². The number of H-pyrrole nitrogens is 1. The molecule has 3 aromatic rings. The summed E-state index contributed by atoms with van der Waals surface area (Å²) < 4.78 is 5.63. The van der Waals surface area contributed by atoms with Crippen LogP contribution in [0.15, 0.2) is 49.7 Å². The number of nitrogens with zero attached hydrogens (tertiary/aromatic N) is 1. The molecule has 3 aromatic heterocycles. The Labute approximate surface area is 153 Å². The van der Waals surface area contributed by atoms with Crippen molar-refractivity contribution in [2.45, 2.75) is 6.42 Å². The van der Waals surface area contributed by atoms with Crippen LogP contribution in [0.5, 0.6) is 0 Å². The number of nitrogens with one attached hydrogen (secondary N) is 3. The lowest BCUT2D eigenvalue weighted by Crippen LogP contribution is -2.21. The Morgan fingerprint density at radius 1 is 1.36 bits per heavy atom. The lowest BCUT2D eigenvalue weighted by atomic mass is 10.3. The predicted octanol–water partition coefficient (Wildman–Crippen LogP) is 2.62. The van der Waals surface area contributed by atoms with Crippen LogP contribution in [0.4, 0.5) is 10.8 Å². The fraction of sp³-hybridized carbons (Fsp3) is 0.0667. The van der Waals surface area contributed by atoms with Crippen LogP contribution in [0.2, 0.25) is 0 Å². The smallest absolute Gasteiger partial charge is 0.293 e. The molecule has 0 radical (unpaired) electrons. The molecule has 0 spiro atoms. The second-order valence-electron chi connectivity index (χ2n) is 4.86. The van der Waals surface area contributed by atoms with Gasteiger partial charge in [0, 0.05) is 16.0 Å². The second kappa shape index (κ2) is 7.45. The van der Waals surface area contributed by atoms with E-state index in [-0.39, 0.29) is 17.9 Å². The summed E-state index contributed by atoms with van der Waals surface area (Å²) in [6, 6.07) is 4.65. The number of pyridine rings is 1. The minimum absolute atomic E-state index is 0.0287. The predicted molar refractivity (Wildman–Crippen MR) is 95.9 cm³/mol. The molecule has 128 valence electrons. The van der Waals surface area contributed by atoms with Crippen LogP contribution >= 0.6 is 27.3 Å². The fourth-order valence-electron chi connectivity index (χ4n) is 1.92. The number of anilines is 2. The van der Waals surface area contributed by atoms with E-state index in [0.29, 0.717) is 15.3 Å². The molecule has 0 aromatic carbocycles. The van der Waals surface area contributed by atoms with E-state index >= 15 is 0 Å². The number of hydrogen-bond acceptors (Lipinski definition) is 6. The van der Waals surface area contributed by atoms with Crippen molar-refractivity contribution in [3.8, 4) is 0 Å². The molecule has 8 nitrogen and oxygen atoms in total. The highest BCUT2D eigenvalue weighted by molar-refractivity contribution is 9.10. The summed E-state index contributed by atoms with van der Waals surface area (Å²) in [4.78, 5) is 42.2. The summed E-state index contributed by atoms with van der Waals surface area (Å²) in [6.45, 7) is 0. The van der Waals surface area contributed by atoms with Gasteiger partial charge in [0.1, 0.15) is 5.69 Å². The number of furan rings is 1. The van der Waals surface area contributed by atoms with E-state index in [2.05, 4.69) is 36.5 Å². The lowest BCUT2D eigenvalue weighted by molar-refractivity contribution is -0.115. The average Bonchev–Trinajstić information content (AvgIpc) is 3.23. The Balaban J connectivity index is 1.61. The quantitative estimate of drug-likeness (QED) is 0.583. The molecule has 0 bridgehead atoms. The first-order valence-corrected chi connectivity index (χ1v) is 8.66. The fourth-order valence-corrected chi connectivity index (χ4v) is 2.97. The molecule has 0 aliphatic heterocycles. The van der Waals surface area contributed by atoms with Gasteiger partial charge in [-0.05, 0) is 34.1 Å². The molecular weight excluding hydrogens is 412 g/mol. The molecule has 3 heterocycles. The van der Waals surface area contributed by atoms with Crippen molar-refractivity contribution in [2.24, 2.45) is 0 Å². The molecule has 0 fully saturated rings. The van der Waals surface area contributed by atoms with Crippen LogP contribution in [0, 0.1) is 0 Å². The van der Waals surface area contributed by atoms with Gasteiger partial charge in [-0.1, -0.05) is 0 Å². The van der Waals surface area contributed by atoms with E-state index < -0.39 is 17.4 Å². The first-order chi connectivity index (χ1) is 12.0. The molecule has 0 aliphatic carbocycles. The maximum atomic E-state index is 12.0. The molecule has 3 rings (SSSR count). The third kappa shape index (κ3) is 4.43. The zero-order valence-corrected chi connectivity index (χ0v) is 14.9. The number of aromatic amines is 1. The van der Waals surface area contributed by atoms with Crippen LogP contribution < -0.4 is 16.2 Å². The molecule has 0 saturated heterocycles. The number of carbonyl (C=O) groups is 2. The topological polar surface area (TPSA) is 117 Å². The molecular formula is C15H11BrN4O4S. The van der Waals surface area contributed by atoms with Crippen LogP contribution in [-0.2, 0) is 11.2 Å². The average molecular weight is 423 g/mol. The van der Waals surface area contributed by atoms with Gasteiger partial charge in [0.25, 0.3) is 11.5 Å². The van der Waals surface area contributed by atoms with Crippen LogP contribution in [0.25, 0.3) is 0 Å². The number of carbonyl (C=O) groups excluding carboxylic acids is 2. The van der Waals surface area contributed by atoms with Crippen molar-refractivity contribution < 1.29 is 14.0 Å². The molecule has 0 saturated carbocycles. The number of halogens is 1. The number of hydrogen-bond donors (Lipinski definition) is 3. The van der Waals surface area contributed by atoms with Crippen molar-refractivity contribution >= 4 is 49.9 Å². The molecule has 0 unspecified atom stereocenters. The van der Waals surface area contributed by atoms with E-state index in [0.717, 1.165) is 0 Å². The van der Waals surface area contributed by atoms with Gasteiger partial charge in [-0.2, -0.15) is 0 Å². The Kier molecular flexibility index (Phi) is 5.10. The summed E-state index contributed by atoms with van der Waals surface area (Å²) in [7, 11) is 0. The van der Waals surface area contributed by atoms with Crippen molar-refractivity contribution in [1.29, 1.82) is 0 Å². The third-order valence-corrected chi connectivity index (χ3v) is 4.27. The zero-order valence-electron chi connectivity index (χ0n) is 12.5. The number of thiazole rings is 1. The molecule has 25 heavy (non-hydrogen) atoms. The Morgan fingerprint density at radius 3 is 2.96 bits per heavy atom. The van der Waals surface area contributed by atoms with E-state index in [9.17, 15) is 14.4 Å². The van der Waals surface area contributed by atoms with E-state index in [1.165, 1.54) is 35.9 Å². The van der Waals surface area contributed by atoms with Crippen molar-refractivity contribution in [3.05, 3.63) is 62.3 Å². The zero-order chi connectivity index (χ0) is 17.8. The first-order valence-electron chi connectivity index (χ1n) is 6.98. The largest absolute Gasteiger partial charge is 0.459 e. The highest BCUT2D eigenvalue weighted by atomic mass is 79.9. The van der Waals surface area contributed by atoms with E-state index in [4.69, 9.17) is 4.42 Å². The van der Waals surface area contributed by atoms with E-state index in [1.807, 2.05) is 0 Å². The third-order valence-electron chi connectivity index (χ3n) is 3.00. The molecule has 0 aliphatic rings. The molecule has 2 amide bonds. The number of aromatic nitrogens is 2. The van der Waals surface area contributed by atoms with Gasteiger partial charge in [-0.25, -0.2) is 4.98 Å². The van der Waals surface area contributed by atoms with Crippen LogP contribution in [-0.4, -0.2) is 21.8 Å². The normalized spacial score (nSPS) is 10.4. The number of rotatable bonds is 5. The molecule has 0 atom stereocenters. The SMILES string of the molecule is O=C(Cc1csc(NC(=O)c2ccco2)n1)Nc1cc(Br)c[nH]c1=O. The van der Waals surface area contributed by atoms with Gasteiger partial charge in [-0.3, -0.25) is 19.7 Å². The Bertz CT molecular complexity index is 964. The summed E-state index contributed by atoms with van der Waals surface area (Å²) in [5.41, 5.74) is 0.214. The summed E-state index contributed by atoms with van der Waals surface area (Å²) >= 11 is 4.40. The number of amides is 2. The van der Waals surface area contributed by atoms with Gasteiger partial charge < -0.3 is 14.7 Å². The minimum Gasteiger partial charge on any atom is -0.459 e. The molecule has 10 heteroatoms. The van der Waals surface area contributed by atoms with Gasteiger partial charge >= 0.3 is 0 Å². The lowest BCUT2D eigenvalue weighted by Gasteiger charge is -2.03. The Morgan fingerprint density at radius 2 is 2.20 bits per heavy atom. The standard InChI is InChI=1S/C15H11BrN4O4S/c16-8-4-10(13(22)17-6-8)19-12(21)5-9-7-25-15(18-9)20-14(23)11-2-1-3-24-11/h1-4,6-7H,5H2,(H,17,22)(H,19,21)(H,18,20,23). The van der Waals surface area contributed by atoms with Crippen molar-refractivity contribution in [1.82, 2.24) is 9.97 Å². The first kappa shape index (κ1) is 17.1. The second-order valence-corrected chi connectivity index (χ2v) is 6.63. The van der Waals surface area contributed by atoms with Crippen molar-refractivity contribution in [2.75, 3.05) is 10.6 Å².